The number of ether oxygens (including phenoxy) is 2. The van der Waals surface area contributed by atoms with Crippen LogP contribution in [0.5, 0.6) is 11.5 Å². The third-order valence-corrected chi connectivity index (χ3v) is 5.13. The van der Waals surface area contributed by atoms with E-state index in [1.165, 1.54) is 0 Å². The zero-order valence-corrected chi connectivity index (χ0v) is 17.9. The van der Waals surface area contributed by atoms with Crippen LogP contribution >= 0.6 is 0 Å². The van der Waals surface area contributed by atoms with Gasteiger partial charge in [0.15, 0.2) is 12.4 Å². The Morgan fingerprint density at radius 1 is 0.969 bits per heavy atom. The molecule has 0 aliphatic rings. The molecule has 1 heterocycles. The molecular formula is C26H23NO5. The van der Waals surface area contributed by atoms with Crippen molar-refractivity contribution in [2.75, 3.05) is 19.0 Å². The summed E-state index contributed by atoms with van der Waals surface area (Å²) in [6.45, 7) is 1.69. The highest BCUT2D eigenvalue weighted by atomic mass is 16.5. The fraction of sp³-hybridized carbons (Fsp3) is 0.154. The number of amides is 1. The number of fused-ring (bicyclic) bond motifs is 1. The molecule has 4 rings (SSSR count). The van der Waals surface area contributed by atoms with Gasteiger partial charge in [0.05, 0.1) is 12.5 Å². The van der Waals surface area contributed by atoms with Crippen molar-refractivity contribution in [3.05, 3.63) is 88.6 Å². The molecule has 0 spiro atoms. The second-order valence-electron chi connectivity index (χ2n) is 7.16. The molecule has 3 aromatic carbocycles. The predicted molar refractivity (Wildman–Crippen MR) is 124 cm³/mol. The number of rotatable bonds is 7. The van der Waals surface area contributed by atoms with E-state index < -0.39 is 0 Å². The van der Waals surface area contributed by atoms with E-state index in [1.807, 2.05) is 31.2 Å². The smallest absolute Gasteiger partial charge is 0.262 e. The largest absolute Gasteiger partial charge is 0.497 e. The predicted octanol–water partition coefficient (Wildman–Crippen LogP) is 5.05. The van der Waals surface area contributed by atoms with Gasteiger partial charge in [-0.25, -0.2) is 0 Å². The van der Waals surface area contributed by atoms with Crippen molar-refractivity contribution >= 4 is 22.6 Å². The monoisotopic (exact) mass is 429 g/mol. The Morgan fingerprint density at radius 2 is 1.69 bits per heavy atom. The number of hydrogen-bond donors (Lipinski definition) is 1. The fourth-order valence-electron chi connectivity index (χ4n) is 3.46. The van der Waals surface area contributed by atoms with Crippen LogP contribution in [-0.2, 0) is 11.2 Å². The lowest BCUT2D eigenvalue weighted by Gasteiger charge is -2.13. The van der Waals surface area contributed by atoms with Crippen molar-refractivity contribution in [2.24, 2.45) is 0 Å². The zero-order chi connectivity index (χ0) is 22.5. The highest BCUT2D eigenvalue weighted by molar-refractivity contribution is 5.93. The van der Waals surface area contributed by atoms with E-state index in [-0.39, 0.29) is 29.5 Å². The van der Waals surface area contributed by atoms with Crippen LogP contribution in [0.25, 0.3) is 22.3 Å². The zero-order valence-electron chi connectivity index (χ0n) is 17.9. The molecule has 6 nitrogen and oxygen atoms in total. The molecule has 0 radical (unpaired) electrons. The molecule has 1 aromatic heterocycles. The minimum atomic E-state index is -0.362. The molecule has 0 aliphatic heterocycles. The molecule has 6 heteroatoms. The van der Waals surface area contributed by atoms with Crippen LogP contribution in [0.15, 0.2) is 82.0 Å². The molecule has 0 bridgehead atoms. The number of nitrogens with one attached hydrogen (secondary N) is 1. The third-order valence-electron chi connectivity index (χ3n) is 5.13. The minimum absolute atomic E-state index is 0.00667. The van der Waals surface area contributed by atoms with E-state index >= 15 is 0 Å². The van der Waals surface area contributed by atoms with Crippen LogP contribution in [0, 0.1) is 0 Å². The molecule has 162 valence electrons. The quantitative estimate of drug-likeness (QED) is 0.445. The Hall–Kier alpha value is -4.06. The van der Waals surface area contributed by atoms with Crippen molar-refractivity contribution < 1.29 is 18.7 Å². The summed E-state index contributed by atoms with van der Waals surface area (Å²) >= 11 is 0. The number of carbonyl (C=O) groups is 1. The Labute approximate surface area is 185 Å². The molecular weight excluding hydrogens is 406 g/mol. The molecule has 32 heavy (non-hydrogen) atoms. The molecule has 0 unspecified atom stereocenters. The van der Waals surface area contributed by atoms with Crippen molar-refractivity contribution in [3.63, 3.8) is 0 Å². The molecule has 4 aromatic rings. The fourth-order valence-corrected chi connectivity index (χ4v) is 3.46. The number of carbonyl (C=O) groups excluding carboxylic acids is 1. The molecule has 0 saturated carbocycles. The first-order valence-electron chi connectivity index (χ1n) is 10.3. The van der Waals surface area contributed by atoms with E-state index in [9.17, 15) is 9.59 Å². The SMILES string of the molecule is CCc1ccccc1NC(=O)COc1c(-c2ccc(OC)cc2)oc2ccccc2c1=O. The van der Waals surface area contributed by atoms with Gasteiger partial charge in [-0.15, -0.1) is 0 Å². The van der Waals surface area contributed by atoms with Gasteiger partial charge in [-0.3, -0.25) is 9.59 Å². The number of methoxy groups -OCH3 is 1. The Morgan fingerprint density at radius 3 is 2.44 bits per heavy atom. The first kappa shape index (κ1) is 21.2. The third kappa shape index (κ3) is 4.34. The number of hydrogen-bond acceptors (Lipinski definition) is 5. The first-order valence-corrected chi connectivity index (χ1v) is 10.3. The van der Waals surface area contributed by atoms with E-state index in [0.717, 1.165) is 17.7 Å². The highest BCUT2D eigenvalue weighted by Gasteiger charge is 2.19. The molecule has 1 amide bonds. The maximum atomic E-state index is 13.2. The Kier molecular flexibility index (Phi) is 6.22. The van der Waals surface area contributed by atoms with E-state index in [2.05, 4.69) is 5.32 Å². The Bertz CT molecular complexity index is 1310. The van der Waals surface area contributed by atoms with Crippen LogP contribution in [0.2, 0.25) is 0 Å². The van der Waals surface area contributed by atoms with Gasteiger partial charge in [-0.2, -0.15) is 0 Å². The summed E-state index contributed by atoms with van der Waals surface area (Å²) in [4.78, 5) is 25.8. The van der Waals surface area contributed by atoms with Crippen molar-refractivity contribution in [1.82, 2.24) is 0 Å². The van der Waals surface area contributed by atoms with Gasteiger partial charge in [0.2, 0.25) is 11.2 Å². The molecule has 1 N–H and O–H groups in total. The lowest BCUT2D eigenvalue weighted by molar-refractivity contribution is -0.118. The van der Waals surface area contributed by atoms with Gasteiger partial charge in [-0.1, -0.05) is 37.3 Å². The summed E-state index contributed by atoms with van der Waals surface area (Å²) < 4.78 is 17.0. The van der Waals surface area contributed by atoms with Crippen LogP contribution in [-0.4, -0.2) is 19.6 Å². The summed E-state index contributed by atoms with van der Waals surface area (Å²) in [7, 11) is 1.58. The summed E-state index contributed by atoms with van der Waals surface area (Å²) in [6, 6.07) is 21.6. The van der Waals surface area contributed by atoms with E-state index in [1.54, 1.807) is 55.6 Å². The number of para-hydroxylation sites is 2. The minimum Gasteiger partial charge on any atom is -0.497 e. The summed E-state index contributed by atoms with van der Waals surface area (Å²) in [5.74, 6) is 0.568. The van der Waals surface area contributed by atoms with Crippen LogP contribution in [0.4, 0.5) is 5.69 Å². The van der Waals surface area contributed by atoms with Crippen LogP contribution in [0.3, 0.4) is 0 Å². The molecule has 0 atom stereocenters. The van der Waals surface area contributed by atoms with Gasteiger partial charge in [0.1, 0.15) is 11.3 Å². The van der Waals surface area contributed by atoms with E-state index in [0.29, 0.717) is 22.3 Å². The topological polar surface area (TPSA) is 77.8 Å². The van der Waals surface area contributed by atoms with Crippen molar-refractivity contribution in [3.8, 4) is 22.8 Å². The van der Waals surface area contributed by atoms with Crippen LogP contribution < -0.4 is 20.2 Å². The van der Waals surface area contributed by atoms with E-state index in [4.69, 9.17) is 13.9 Å². The molecule has 0 aliphatic carbocycles. The summed E-state index contributed by atoms with van der Waals surface area (Å²) in [6.07, 6.45) is 0.785. The second kappa shape index (κ2) is 9.39. The number of anilines is 1. The molecule has 0 saturated heterocycles. The maximum Gasteiger partial charge on any atom is 0.262 e. The average Bonchev–Trinajstić information content (AvgIpc) is 2.84. The second-order valence-corrected chi connectivity index (χ2v) is 7.16. The highest BCUT2D eigenvalue weighted by Crippen LogP contribution is 2.32. The van der Waals surface area contributed by atoms with Gasteiger partial charge in [-0.05, 0) is 54.4 Å². The van der Waals surface area contributed by atoms with Crippen molar-refractivity contribution in [2.45, 2.75) is 13.3 Å². The van der Waals surface area contributed by atoms with Gasteiger partial charge < -0.3 is 19.2 Å². The number of aryl methyl sites for hydroxylation is 1. The lowest BCUT2D eigenvalue weighted by Crippen LogP contribution is -2.23. The molecule has 0 fully saturated rings. The first-order chi connectivity index (χ1) is 15.6. The summed E-state index contributed by atoms with van der Waals surface area (Å²) in [5.41, 5.74) is 2.49. The van der Waals surface area contributed by atoms with Crippen molar-refractivity contribution in [1.29, 1.82) is 0 Å². The van der Waals surface area contributed by atoms with Gasteiger partial charge >= 0.3 is 0 Å². The van der Waals surface area contributed by atoms with Gasteiger partial charge in [0.25, 0.3) is 5.91 Å². The summed E-state index contributed by atoms with van der Waals surface area (Å²) in [5, 5.41) is 3.24. The average molecular weight is 429 g/mol. The lowest BCUT2D eigenvalue weighted by atomic mass is 10.1. The maximum absolute atomic E-state index is 13.2. The normalized spacial score (nSPS) is 10.7. The number of benzene rings is 3. The standard InChI is InChI=1S/C26H23NO5/c1-3-17-8-4-6-10-21(17)27-23(28)16-31-26-24(29)20-9-5-7-11-22(20)32-25(26)18-12-14-19(30-2)15-13-18/h4-15H,3,16H2,1-2H3,(H,27,28). The van der Waals surface area contributed by atoms with Crippen LogP contribution in [0.1, 0.15) is 12.5 Å². The Balaban J connectivity index is 1.66. The van der Waals surface area contributed by atoms with Gasteiger partial charge in [0, 0.05) is 11.3 Å².